The van der Waals surface area contributed by atoms with Crippen molar-refractivity contribution in [1.29, 1.82) is 0 Å². The summed E-state index contributed by atoms with van der Waals surface area (Å²) in [5.74, 6) is 0. The minimum absolute atomic E-state index is 0. The predicted molar refractivity (Wildman–Crippen MR) is 65.7 cm³/mol. The molecule has 0 N–H and O–H groups in total. The summed E-state index contributed by atoms with van der Waals surface area (Å²) >= 11 is 0. The number of nitrogens with zero attached hydrogens (tertiary/aromatic N) is 1. The zero-order valence-corrected chi connectivity index (χ0v) is 11.7. The van der Waals surface area contributed by atoms with E-state index in [1.807, 2.05) is 0 Å². The molecule has 0 aliphatic rings. The number of hydrogen-bond donors (Lipinski definition) is 0. The average molecular weight is 280 g/mol. The Balaban J connectivity index is 0.00000128. The normalized spacial score (nSPS) is 11.2. The van der Waals surface area contributed by atoms with Gasteiger partial charge in [-0.1, -0.05) is 42.5 Å². The highest BCUT2D eigenvalue weighted by Crippen LogP contribution is 2.20. The van der Waals surface area contributed by atoms with Gasteiger partial charge in [0.05, 0.1) is 21.1 Å². The third-order valence-electron chi connectivity index (χ3n) is 2.52. The Morgan fingerprint density at radius 3 is 2.19 bits per heavy atom. The van der Waals surface area contributed by atoms with Crippen molar-refractivity contribution in [3.8, 4) is 0 Å². The van der Waals surface area contributed by atoms with Crippen LogP contribution in [0.15, 0.2) is 42.5 Å². The quantitative estimate of drug-likeness (QED) is 0.682. The number of benzene rings is 2. The molecule has 0 unspecified atom stereocenters. The van der Waals surface area contributed by atoms with Crippen LogP contribution in [-0.4, -0.2) is 25.6 Å². The van der Waals surface area contributed by atoms with E-state index in [0.29, 0.717) is 0 Å². The summed E-state index contributed by atoms with van der Waals surface area (Å²) in [6.45, 7) is 1.07. The van der Waals surface area contributed by atoms with Crippen molar-refractivity contribution in [1.82, 2.24) is 0 Å². The summed E-state index contributed by atoms with van der Waals surface area (Å²) in [4.78, 5) is 0. The van der Waals surface area contributed by atoms with Gasteiger partial charge >= 0.3 is 0 Å². The molecule has 0 atom stereocenters. The lowest BCUT2D eigenvalue weighted by Crippen LogP contribution is -3.00. The monoisotopic (exact) mass is 279 g/mol. The van der Waals surface area contributed by atoms with Gasteiger partial charge in [0.25, 0.3) is 0 Å². The van der Waals surface area contributed by atoms with Crippen LogP contribution in [0.1, 0.15) is 5.56 Å². The van der Waals surface area contributed by atoms with Crippen LogP contribution in [0.4, 0.5) is 0 Å². The minimum Gasteiger partial charge on any atom is -1.00 e. The number of fused-ring (bicyclic) bond motifs is 1. The molecule has 0 aromatic heterocycles. The SMILES string of the molecule is C[N+](C)(C)Cc1cccc2ccccc12.[Br-]. The molecule has 1 nitrogen and oxygen atoms in total. The number of rotatable bonds is 2. The van der Waals surface area contributed by atoms with E-state index in [-0.39, 0.29) is 17.0 Å². The second kappa shape index (κ2) is 4.98. The highest BCUT2D eigenvalue weighted by molar-refractivity contribution is 5.85. The van der Waals surface area contributed by atoms with Crippen molar-refractivity contribution in [2.45, 2.75) is 6.54 Å². The highest BCUT2D eigenvalue weighted by atomic mass is 79.9. The molecule has 86 valence electrons. The molecule has 2 aromatic rings. The summed E-state index contributed by atoms with van der Waals surface area (Å²) in [5, 5.41) is 2.72. The number of hydrogen-bond acceptors (Lipinski definition) is 0. The highest BCUT2D eigenvalue weighted by Gasteiger charge is 2.10. The maximum absolute atomic E-state index is 2.23. The second-order valence-corrected chi connectivity index (χ2v) is 5.09. The summed E-state index contributed by atoms with van der Waals surface area (Å²) in [6, 6.07) is 15.1. The van der Waals surface area contributed by atoms with E-state index in [1.54, 1.807) is 0 Å². The number of halogens is 1. The topological polar surface area (TPSA) is 0 Å². The molecule has 0 aliphatic heterocycles. The fourth-order valence-electron chi connectivity index (χ4n) is 1.94. The van der Waals surface area contributed by atoms with Crippen LogP contribution in [-0.2, 0) is 6.54 Å². The molecule has 2 heteroatoms. The summed E-state index contributed by atoms with van der Waals surface area (Å²) in [6.07, 6.45) is 0. The summed E-state index contributed by atoms with van der Waals surface area (Å²) in [5.41, 5.74) is 1.43. The van der Waals surface area contributed by atoms with E-state index in [9.17, 15) is 0 Å². The lowest BCUT2D eigenvalue weighted by Gasteiger charge is -2.24. The van der Waals surface area contributed by atoms with Crippen LogP contribution < -0.4 is 17.0 Å². The van der Waals surface area contributed by atoms with Crippen LogP contribution in [0.3, 0.4) is 0 Å². The fraction of sp³-hybridized carbons (Fsp3) is 0.286. The van der Waals surface area contributed by atoms with Crippen molar-refractivity contribution in [3.63, 3.8) is 0 Å². The predicted octanol–water partition coefficient (Wildman–Crippen LogP) is 0.0500. The van der Waals surface area contributed by atoms with Gasteiger partial charge in [0, 0.05) is 5.56 Å². The van der Waals surface area contributed by atoms with E-state index in [2.05, 4.69) is 63.6 Å². The Morgan fingerprint density at radius 2 is 1.50 bits per heavy atom. The maximum atomic E-state index is 2.23. The van der Waals surface area contributed by atoms with Crippen molar-refractivity contribution < 1.29 is 21.5 Å². The lowest BCUT2D eigenvalue weighted by molar-refractivity contribution is -0.883. The molecular formula is C14H18BrN. The van der Waals surface area contributed by atoms with Gasteiger partial charge in [0.15, 0.2) is 0 Å². The molecule has 0 aliphatic carbocycles. The van der Waals surface area contributed by atoms with Gasteiger partial charge in [-0.2, -0.15) is 0 Å². The zero-order valence-electron chi connectivity index (χ0n) is 10.1. The Labute approximate surface area is 108 Å². The molecule has 16 heavy (non-hydrogen) atoms. The number of quaternary nitrogens is 1. The summed E-state index contributed by atoms with van der Waals surface area (Å²) < 4.78 is 0.966. The zero-order chi connectivity index (χ0) is 10.9. The molecule has 0 bridgehead atoms. The van der Waals surface area contributed by atoms with Crippen molar-refractivity contribution >= 4 is 10.8 Å². The third kappa shape index (κ3) is 3.06. The van der Waals surface area contributed by atoms with Crippen molar-refractivity contribution in [2.75, 3.05) is 21.1 Å². The first-order chi connectivity index (χ1) is 7.06. The molecule has 0 spiro atoms. The first-order valence-corrected chi connectivity index (χ1v) is 5.33. The van der Waals surface area contributed by atoms with Crippen LogP contribution in [0, 0.1) is 0 Å². The largest absolute Gasteiger partial charge is 1.00 e. The first-order valence-electron chi connectivity index (χ1n) is 5.33. The molecular weight excluding hydrogens is 262 g/mol. The van der Waals surface area contributed by atoms with Crippen LogP contribution in [0.5, 0.6) is 0 Å². The third-order valence-corrected chi connectivity index (χ3v) is 2.52. The minimum atomic E-state index is 0. The Kier molecular flexibility index (Phi) is 4.11. The molecule has 0 heterocycles. The van der Waals surface area contributed by atoms with E-state index in [1.165, 1.54) is 16.3 Å². The second-order valence-electron chi connectivity index (χ2n) is 5.09. The summed E-state index contributed by atoms with van der Waals surface area (Å²) in [7, 11) is 6.67. The van der Waals surface area contributed by atoms with Crippen molar-refractivity contribution in [3.05, 3.63) is 48.0 Å². The van der Waals surface area contributed by atoms with Gasteiger partial charge in [-0.3, -0.25) is 0 Å². The van der Waals surface area contributed by atoms with E-state index >= 15 is 0 Å². The molecule has 0 saturated heterocycles. The first kappa shape index (κ1) is 13.2. The smallest absolute Gasteiger partial charge is 0.104 e. The van der Waals surface area contributed by atoms with Gasteiger partial charge in [0.2, 0.25) is 0 Å². The van der Waals surface area contributed by atoms with Crippen LogP contribution >= 0.6 is 0 Å². The van der Waals surface area contributed by atoms with Crippen molar-refractivity contribution in [2.24, 2.45) is 0 Å². The van der Waals surface area contributed by atoms with E-state index in [0.717, 1.165) is 11.0 Å². The molecule has 0 saturated carbocycles. The Morgan fingerprint density at radius 1 is 0.875 bits per heavy atom. The molecule has 0 fully saturated rings. The van der Waals surface area contributed by atoms with Gasteiger partial charge in [0.1, 0.15) is 6.54 Å². The van der Waals surface area contributed by atoms with Crippen LogP contribution in [0.2, 0.25) is 0 Å². The van der Waals surface area contributed by atoms with E-state index < -0.39 is 0 Å². The molecule has 0 amide bonds. The lowest BCUT2D eigenvalue weighted by atomic mass is 10.0. The Bertz CT molecular complexity index is 466. The van der Waals surface area contributed by atoms with Gasteiger partial charge in [-0.15, -0.1) is 0 Å². The molecule has 0 radical (unpaired) electrons. The average Bonchev–Trinajstić information content (AvgIpc) is 2.16. The molecule has 2 rings (SSSR count). The van der Waals surface area contributed by atoms with Crippen LogP contribution in [0.25, 0.3) is 10.8 Å². The van der Waals surface area contributed by atoms with Gasteiger partial charge in [-0.25, -0.2) is 0 Å². The maximum Gasteiger partial charge on any atom is 0.104 e. The van der Waals surface area contributed by atoms with Gasteiger partial charge < -0.3 is 21.5 Å². The Hall–Kier alpha value is -0.860. The molecule has 2 aromatic carbocycles. The van der Waals surface area contributed by atoms with Gasteiger partial charge in [-0.05, 0) is 10.8 Å². The standard InChI is InChI=1S/C14H18N.BrH/c1-15(2,3)11-13-9-6-8-12-7-4-5-10-14(12)13;/h4-10H,11H2,1-3H3;1H/q+1;/p-1. The fourth-order valence-corrected chi connectivity index (χ4v) is 1.94. The van der Waals surface area contributed by atoms with E-state index in [4.69, 9.17) is 0 Å².